The quantitative estimate of drug-likeness (QED) is 0.681. The van der Waals surface area contributed by atoms with Crippen molar-refractivity contribution in [3.8, 4) is 0 Å². The molecule has 0 bridgehead atoms. The van der Waals surface area contributed by atoms with Crippen LogP contribution in [0.1, 0.15) is 31.3 Å². The van der Waals surface area contributed by atoms with Gasteiger partial charge in [0, 0.05) is 24.1 Å². The summed E-state index contributed by atoms with van der Waals surface area (Å²) in [5.74, 6) is -1.34. The number of benzene rings is 1. The third-order valence-electron chi connectivity index (χ3n) is 3.25. The van der Waals surface area contributed by atoms with Gasteiger partial charge in [0.1, 0.15) is 0 Å². The fourth-order valence-electron chi connectivity index (χ4n) is 2.02. The van der Waals surface area contributed by atoms with Crippen LogP contribution in [0.15, 0.2) is 47.8 Å². The number of carbonyl (C=O) groups excluding carboxylic acids is 2. The molecule has 0 saturated heterocycles. The van der Waals surface area contributed by atoms with Crippen molar-refractivity contribution in [1.82, 2.24) is 14.7 Å². The number of hydrogen-bond donors (Lipinski definition) is 2. The molecule has 0 spiro atoms. The molecule has 2 aromatic rings. The number of nitrogens with zero attached hydrogens (tertiary/aromatic N) is 2. The van der Waals surface area contributed by atoms with Crippen LogP contribution < -0.4 is 10.0 Å². The number of rotatable bonds is 7. The lowest BCUT2D eigenvalue weighted by Gasteiger charge is -2.14. The highest BCUT2D eigenvalue weighted by molar-refractivity contribution is 7.89. The largest absolute Gasteiger partial charge is 0.448 e. The van der Waals surface area contributed by atoms with Crippen molar-refractivity contribution in [2.45, 2.75) is 37.8 Å². The minimum Gasteiger partial charge on any atom is -0.448 e. The predicted molar refractivity (Wildman–Crippen MR) is 97.4 cm³/mol. The Balaban J connectivity index is 1.98. The van der Waals surface area contributed by atoms with Crippen LogP contribution in [0.4, 0.5) is 5.69 Å². The summed E-state index contributed by atoms with van der Waals surface area (Å²) in [6.45, 7) is 4.85. The van der Waals surface area contributed by atoms with Gasteiger partial charge in [0.15, 0.2) is 11.8 Å². The Morgan fingerprint density at radius 2 is 1.74 bits per heavy atom. The molecule has 0 saturated carbocycles. The standard InChI is InChI=1S/C17H20N4O5S/c1-11(2)21-27(24,25)14-6-4-13(5-7-14)20-16(22)12(3)26-17(23)15-10-18-8-9-19-15/h4-12,21H,1-3H3,(H,20,22). The number of ether oxygens (including phenoxy) is 1. The fourth-order valence-corrected chi connectivity index (χ4v) is 3.27. The molecule has 27 heavy (non-hydrogen) atoms. The Morgan fingerprint density at radius 3 is 2.30 bits per heavy atom. The van der Waals surface area contributed by atoms with Gasteiger partial charge in [0.25, 0.3) is 5.91 Å². The number of amides is 1. The summed E-state index contributed by atoms with van der Waals surface area (Å²) >= 11 is 0. The van der Waals surface area contributed by atoms with E-state index in [0.29, 0.717) is 5.69 Å². The van der Waals surface area contributed by atoms with E-state index in [9.17, 15) is 18.0 Å². The molecule has 0 aliphatic carbocycles. The third kappa shape index (κ3) is 5.83. The van der Waals surface area contributed by atoms with Crippen molar-refractivity contribution in [2.75, 3.05) is 5.32 Å². The first-order valence-electron chi connectivity index (χ1n) is 8.09. The molecule has 1 atom stereocenters. The molecule has 10 heteroatoms. The van der Waals surface area contributed by atoms with Gasteiger partial charge in [-0.2, -0.15) is 0 Å². The number of nitrogens with one attached hydrogen (secondary N) is 2. The van der Waals surface area contributed by atoms with E-state index < -0.39 is 28.0 Å². The Labute approximate surface area is 157 Å². The zero-order valence-electron chi connectivity index (χ0n) is 15.0. The zero-order chi connectivity index (χ0) is 20.0. The van der Waals surface area contributed by atoms with Crippen LogP contribution in [0.3, 0.4) is 0 Å². The van der Waals surface area contributed by atoms with Crippen molar-refractivity contribution in [3.05, 3.63) is 48.5 Å². The summed E-state index contributed by atoms with van der Waals surface area (Å²) in [6, 6.07) is 5.40. The van der Waals surface area contributed by atoms with Gasteiger partial charge in [-0.05, 0) is 45.0 Å². The normalized spacial score (nSPS) is 12.4. The predicted octanol–water partition coefficient (Wildman–Crippen LogP) is 1.35. The van der Waals surface area contributed by atoms with E-state index >= 15 is 0 Å². The lowest BCUT2D eigenvalue weighted by molar-refractivity contribution is -0.123. The van der Waals surface area contributed by atoms with Crippen LogP contribution in [-0.4, -0.2) is 42.4 Å². The Hall–Kier alpha value is -2.85. The molecular weight excluding hydrogens is 372 g/mol. The molecule has 1 unspecified atom stereocenters. The first-order valence-corrected chi connectivity index (χ1v) is 9.57. The van der Waals surface area contributed by atoms with Gasteiger partial charge in [0.05, 0.1) is 11.1 Å². The average Bonchev–Trinajstić information content (AvgIpc) is 2.61. The maximum atomic E-state index is 12.2. The van der Waals surface area contributed by atoms with Gasteiger partial charge >= 0.3 is 5.97 Å². The maximum Gasteiger partial charge on any atom is 0.359 e. The Morgan fingerprint density at radius 1 is 1.07 bits per heavy atom. The van der Waals surface area contributed by atoms with E-state index in [1.807, 2.05) is 0 Å². The highest BCUT2D eigenvalue weighted by Crippen LogP contribution is 2.15. The average molecular weight is 392 g/mol. The summed E-state index contributed by atoms with van der Waals surface area (Å²) < 4.78 is 31.6. The number of carbonyl (C=O) groups is 2. The van der Waals surface area contributed by atoms with Crippen LogP contribution in [0.5, 0.6) is 0 Å². The van der Waals surface area contributed by atoms with Gasteiger partial charge < -0.3 is 10.1 Å². The second kappa shape index (κ2) is 8.69. The fraction of sp³-hybridized carbons (Fsp3) is 0.294. The molecule has 1 aromatic carbocycles. The monoisotopic (exact) mass is 392 g/mol. The van der Waals surface area contributed by atoms with Gasteiger partial charge in [0.2, 0.25) is 10.0 Å². The second-order valence-electron chi connectivity index (χ2n) is 5.93. The summed E-state index contributed by atoms with van der Waals surface area (Å²) in [4.78, 5) is 31.7. The molecule has 2 rings (SSSR count). The summed E-state index contributed by atoms with van der Waals surface area (Å²) in [5, 5.41) is 2.55. The molecule has 0 fully saturated rings. The number of anilines is 1. The van der Waals surface area contributed by atoms with Gasteiger partial charge in [-0.3, -0.25) is 9.78 Å². The molecule has 1 amide bonds. The maximum absolute atomic E-state index is 12.2. The minimum absolute atomic E-state index is 0.00985. The first-order chi connectivity index (χ1) is 12.7. The van der Waals surface area contributed by atoms with Crippen molar-refractivity contribution < 1.29 is 22.7 Å². The molecule has 0 aliphatic rings. The van der Waals surface area contributed by atoms with Crippen molar-refractivity contribution in [3.63, 3.8) is 0 Å². The van der Waals surface area contributed by atoms with Gasteiger partial charge in [-0.1, -0.05) is 0 Å². The molecule has 144 valence electrons. The number of esters is 1. The van der Waals surface area contributed by atoms with E-state index in [2.05, 4.69) is 20.0 Å². The van der Waals surface area contributed by atoms with E-state index in [-0.39, 0.29) is 16.6 Å². The smallest absolute Gasteiger partial charge is 0.359 e. The molecule has 0 radical (unpaired) electrons. The highest BCUT2D eigenvalue weighted by Gasteiger charge is 2.20. The first kappa shape index (κ1) is 20.5. The molecule has 9 nitrogen and oxygen atoms in total. The molecule has 2 N–H and O–H groups in total. The topological polar surface area (TPSA) is 127 Å². The van der Waals surface area contributed by atoms with E-state index in [4.69, 9.17) is 4.74 Å². The highest BCUT2D eigenvalue weighted by atomic mass is 32.2. The Kier molecular flexibility index (Phi) is 6.59. The van der Waals surface area contributed by atoms with Crippen LogP contribution >= 0.6 is 0 Å². The zero-order valence-corrected chi connectivity index (χ0v) is 15.9. The molecular formula is C17H20N4O5S. The number of sulfonamides is 1. The summed E-state index contributed by atoms with van der Waals surface area (Å²) in [6.07, 6.45) is 2.90. The van der Waals surface area contributed by atoms with E-state index in [1.165, 1.54) is 49.8 Å². The van der Waals surface area contributed by atoms with Gasteiger partial charge in [-0.25, -0.2) is 22.9 Å². The Bertz CT molecular complexity index is 899. The minimum atomic E-state index is -3.61. The SMILES string of the molecule is CC(C)NS(=O)(=O)c1ccc(NC(=O)C(C)OC(=O)c2cnccn2)cc1. The van der Waals surface area contributed by atoms with Crippen LogP contribution in [0.2, 0.25) is 0 Å². The van der Waals surface area contributed by atoms with Crippen LogP contribution in [-0.2, 0) is 19.6 Å². The van der Waals surface area contributed by atoms with Crippen molar-refractivity contribution in [2.24, 2.45) is 0 Å². The molecule has 0 aliphatic heterocycles. The number of hydrogen-bond acceptors (Lipinski definition) is 7. The molecule has 1 heterocycles. The van der Waals surface area contributed by atoms with Crippen molar-refractivity contribution >= 4 is 27.6 Å². The third-order valence-corrected chi connectivity index (χ3v) is 4.92. The van der Waals surface area contributed by atoms with E-state index in [1.54, 1.807) is 13.8 Å². The molecule has 1 aromatic heterocycles. The summed E-state index contributed by atoms with van der Waals surface area (Å²) in [7, 11) is -3.61. The lowest BCUT2D eigenvalue weighted by Crippen LogP contribution is -2.31. The van der Waals surface area contributed by atoms with Crippen molar-refractivity contribution in [1.29, 1.82) is 0 Å². The summed E-state index contributed by atoms with van der Waals surface area (Å²) in [5.41, 5.74) is 0.357. The van der Waals surface area contributed by atoms with E-state index in [0.717, 1.165) is 0 Å². The lowest BCUT2D eigenvalue weighted by atomic mass is 10.3. The van der Waals surface area contributed by atoms with Crippen LogP contribution in [0.25, 0.3) is 0 Å². The second-order valence-corrected chi connectivity index (χ2v) is 7.64. The number of aromatic nitrogens is 2. The van der Waals surface area contributed by atoms with Crippen LogP contribution in [0, 0.1) is 0 Å². The van der Waals surface area contributed by atoms with Gasteiger partial charge in [-0.15, -0.1) is 0 Å².